The van der Waals surface area contributed by atoms with Crippen LogP contribution in [0.5, 0.6) is 0 Å². The zero-order valence-corrected chi connectivity index (χ0v) is 35.4. The number of benzene rings is 1. The van der Waals surface area contributed by atoms with E-state index in [1.165, 1.54) is 0 Å². The number of fused-ring (bicyclic) bond motifs is 2. The largest absolute Gasteiger partial charge is 0.370 e. The number of aromatic nitrogens is 4. The van der Waals surface area contributed by atoms with Crippen molar-refractivity contribution in [3.05, 3.63) is 65.6 Å². The molecule has 1 saturated carbocycles. The van der Waals surface area contributed by atoms with Crippen molar-refractivity contribution in [2.24, 2.45) is 5.92 Å². The molecule has 314 valence electrons. The Balaban J connectivity index is 0.00000128. The van der Waals surface area contributed by atoms with Gasteiger partial charge in [-0.05, 0) is 49.6 Å². The van der Waals surface area contributed by atoms with Crippen LogP contribution < -0.4 is 20.4 Å². The summed E-state index contributed by atoms with van der Waals surface area (Å²) in [6.45, 7) is 15.1. The summed E-state index contributed by atoms with van der Waals surface area (Å²) in [7, 11) is 3.56. The van der Waals surface area contributed by atoms with E-state index < -0.39 is 6.04 Å². The van der Waals surface area contributed by atoms with E-state index in [0.717, 1.165) is 99.5 Å². The maximum Gasteiger partial charge on any atom is 0.270 e. The molecule has 0 spiro atoms. The number of carbonyl (C=O) groups is 4. The van der Waals surface area contributed by atoms with E-state index in [1.807, 2.05) is 58.2 Å². The summed E-state index contributed by atoms with van der Waals surface area (Å²) >= 11 is 0. The van der Waals surface area contributed by atoms with Crippen LogP contribution in [0.4, 0.5) is 23.1 Å². The van der Waals surface area contributed by atoms with Crippen molar-refractivity contribution in [3.63, 3.8) is 0 Å². The number of anilines is 4. The minimum Gasteiger partial charge on any atom is -0.370 e. The summed E-state index contributed by atoms with van der Waals surface area (Å²) in [5.74, 6) is 0.844. The molecule has 2 N–H and O–H groups in total. The van der Waals surface area contributed by atoms with E-state index in [4.69, 9.17) is 9.97 Å². The van der Waals surface area contributed by atoms with Crippen molar-refractivity contribution in [2.45, 2.75) is 84.8 Å². The van der Waals surface area contributed by atoms with Crippen LogP contribution >= 0.6 is 0 Å². The monoisotopic (exact) mass is 805 g/mol. The third-order valence-corrected chi connectivity index (χ3v) is 12.0. The quantitative estimate of drug-likeness (QED) is 0.208. The second-order valence-corrected chi connectivity index (χ2v) is 15.8. The Bertz CT molecular complexity index is 2150. The lowest BCUT2D eigenvalue weighted by molar-refractivity contribution is -0.136. The SMILES string of the molecule is CC.CC.CN(C)C(=O)c1cc2cnc(Nc3ccc(N4CCN(CC5CN(c6cccc7c6CN(C6CCC(=O)NC6=O)C7=O)C5)CC4)cn3)nc2n1C1CCCC1. The molecule has 1 unspecified atom stereocenters. The molecule has 59 heavy (non-hydrogen) atoms. The van der Waals surface area contributed by atoms with Gasteiger partial charge in [0.1, 0.15) is 23.2 Å². The van der Waals surface area contributed by atoms with Crippen molar-refractivity contribution in [2.75, 3.05) is 75.0 Å². The van der Waals surface area contributed by atoms with Crippen LogP contribution in [-0.4, -0.2) is 124 Å². The van der Waals surface area contributed by atoms with E-state index in [9.17, 15) is 19.2 Å². The molecule has 3 aromatic heterocycles. The van der Waals surface area contributed by atoms with Crippen LogP contribution in [0, 0.1) is 5.92 Å². The number of rotatable bonds is 9. The van der Waals surface area contributed by atoms with Crippen LogP contribution in [-0.2, 0) is 16.1 Å². The van der Waals surface area contributed by atoms with E-state index in [1.54, 1.807) is 30.1 Å². The number of hydrogen-bond acceptors (Lipinski definition) is 11. The van der Waals surface area contributed by atoms with Gasteiger partial charge in [0.25, 0.3) is 11.8 Å². The van der Waals surface area contributed by atoms with Crippen molar-refractivity contribution in [1.29, 1.82) is 0 Å². The molecule has 4 fully saturated rings. The topological polar surface area (TPSA) is 152 Å². The highest BCUT2D eigenvalue weighted by atomic mass is 16.2. The Labute approximate surface area is 347 Å². The molecule has 1 aliphatic carbocycles. The fourth-order valence-corrected chi connectivity index (χ4v) is 9.06. The molecule has 3 saturated heterocycles. The molecule has 0 radical (unpaired) electrons. The molecule has 5 aliphatic rings. The number of imide groups is 1. The Morgan fingerprint density at radius 3 is 2.32 bits per heavy atom. The molecule has 15 heteroatoms. The van der Waals surface area contributed by atoms with E-state index in [0.29, 0.717) is 41.9 Å². The first-order valence-electron chi connectivity index (χ1n) is 21.5. The molecular formula is C44H59N11O4. The molecule has 0 bridgehead atoms. The van der Waals surface area contributed by atoms with Crippen molar-refractivity contribution >= 4 is 57.8 Å². The Kier molecular flexibility index (Phi) is 12.8. The van der Waals surface area contributed by atoms with Gasteiger partial charge in [0.15, 0.2) is 0 Å². The van der Waals surface area contributed by atoms with Gasteiger partial charge in [-0.25, -0.2) is 9.97 Å². The highest BCUT2D eigenvalue weighted by Crippen LogP contribution is 2.38. The zero-order chi connectivity index (χ0) is 41.8. The number of nitrogens with zero attached hydrogens (tertiary/aromatic N) is 9. The lowest BCUT2D eigenvalue weighted by Gasteiger charge is -2.45. The van der Waals surface area contributed by atoms with Crippen LogP contribution in [0.15, 0.2) is 48.8 Å². The van der Waals surface area contributed by atoms with Gasteiger partial charge in [-0.1, -0.05) is 46.6 Å². The van der Waals surface area contributed by atoms with Crippen molar-refractivity contribution in [1.82, 2.24) is 39.5 Å². The number of pyridine rings is 1. The number of amides is 4. The van der Waals surface area contributed by atoms with E-state index in [2.05, 4.69) is 47.0 Å². The van der Waals surface area contributed by atoms with Crippen LogP contribution in [0.3, 0.4) is 0 Å². The Hall–Kier alpha value is -5.57. The molecule has 7 heterocycles. The maximum atomic E-state index is 13.3. The smallest absolute Gasteiger partial charge is 0.270 e. The second-order valence-electron chi connectivity index (χ2n) is 15.8. The van der Waals surface area contributed by atoms with Gasteiger partial charge in [-0.15, -0.1) is 0 Å². The summed E-state index contributed by atoms with van der Waals surface area (Å²) in [5.41, 5.74) is 5.23. The van der Waals surface area contributed by atoms with Gasteiger partial charge in [-0.2, -0.15) is 4.98 Å². The van der Waals surface area contributed by atoms with Crippen LogP contribution in [0.2, 0.25) is 0 Å². The van der Waals surface area contributed by atoms with E-state index >= 15 is 0 Å². The van der Waals surface area contributed by atoms with Gasteiger partial charge >= 0.3 is 0 Å². The second kappa shape index (κ2) is 18.1. The summed E-state index contributed by atoms with van der Waals surface area (Å²) in [5, 5.41) is 6.53. The first-order chi connectivity index (χ1) is 28.7. The molecule has 15 nitrogen and oxygen atoms in total. The maximum absolute atomic E-state index is 13.3. The minimum absolute atomic E-state index is 0.0273. The number of piperidine rings is 1. The predicted octanol–water partition coefficient (Wildman–Crippen LogP) is 5.46. The molecule has 1 atom stereocenters. The zero-order valence-electron chi connectivity index (χ0n) is 35.4. The predicted molar refractivity (Wildman–Crippen MR) is 230 cm³/mol. The summed E-state index contributed by atoms with van der Waals surface area (Å²) in [6.07, 6.45) is 8.68. The first kappa shape index (κ1) is 41.6. The average Bonchev–Trinajstić information content (AvgIpc) is 3.99. The molecular weight excluding hydrogens is 747 g/mol. The number of piperazine rings is 1. The average molecular weight is 806 g/mol. The van der Waals surface area contributed by atoms with Gasteiger partial charge < -0.3 is 29.5 Å². The lowest BCUT2D eigenvalue weighted by atomic mass is 9.96. The molecule has 4 aliphatic heterocycles. The number of carbonyl (C=O) groups excluding carboxylic acids is 4. The summed E-state index contributed by atoms with van der Waals surface area (Å²) in [4.78, 5) is 75.2. The lowest BCUT2D eigenvalue weighted by Crippen LogP contribution is -2.55. The number of nitrogens with one attached hydrogen (secondary N) is 2. The third kappa shape index (κ3) is 8.48. The molecule has 1 aromatic carbocycles. The molecule has 4 aromatic rings. The van der Waals surface area contributed by atoms with Gasteiger partial charge in [0, 0.05) is 113 Å². The Morgan fingerprint density at radius 1 is 0.898 bits per heavy atom. The highest BCUT2D eigenvalue weighted by molar-refractivity contribution is 6.06. The standard InChI is InChI=1S/C40H47N11O4.2C2H6/c1-46(2)39(55)33-18-26-19-42-40(45-36(26)51(33)27-6-3-4-7-27)43-34-12-10-28(20-41-34)48-16-14-47(15-17-48)21-25-22-49(23-25)31-9-5-8-29-30(31)24-50(38(29)54)32-11-13-35(52)44-37(32)53;2*1-2/h5,8-10,12,18-20,25,27,32H,3-4,6-7,11,13-17,21-24H2,1-2H3,(H,44,52,53)(H,41,42,43,45);2*1-2H3. The third-order valence-electron chi connectivity index (χ3n) is 12.0. The summed E-state index contributed by atoms with van der Waals surface area (Å²) in [6, 6.07) is 11.5. The fourth-order valence-electron chi connectivity index (χ4n) is 9.06. The highest BCUT2D eigenvalue weighted by Gasteiger charge is 2.41. The van der Waals surface area contributed by atoms with Crippen molar-refractivity contribution in [3.8, 4) is 0 Å². The first-order valence-corrected chi connectivity index (χ1v) is 21.5. The van der Waals surface area contributed by atoms with Crippen molar-refractivity contribution < 1.29 is 19.2 Å². The fraction of sp³-hybridized carbons (Fsp3) is 0.523. The van der Waals surface area contributed by atoms with Gasteiger partial charge in [0.2, 0.25) is 17.8 Å². The van der Waals surface area contributed by atoms with Crippen LogP contribution in [0.1, 0.15) is 98.7 Å². The Morgan fingerprint density at radius 2 is 1.64 bits per heavy atom. The van der Waals surface area contributed by atoms with Gasteiger partial charge in [-0.3, -0.25) is 29.4 Å². The normalized spacial score (nSPS) is 19.7. The molecule has 4 amide bonds. The summed E-state index contributed by atoms with van der Waals surface area (Å²) < 4.78 is 2.12. The number of hydrogen-bond donors (Lipinski definition) is 2. The van der Waals surface area contributed by atoms with E-state index in [-0.39, 0.29) is 36.1 Å². The van der Waals surface area contributed by atoms with Crippen LogP contribution in [0.25, 0.3) is 11.0 Å². The van der Waals surface area contributed by atoms with Gasteiger partial charge in [0.05, 0.1) is 11.9 Å². The molecule has 9 rings (SSSR count). The minimum atomic E-state index is -0.606.